The van der Waals surface area contributed by atoms with Gasteiger partial charge < -0.3 is 19.2 Å². The van der Waals surface area contributed by atoms with E-state index in [1.165, 1.54) is 7.11 Å². The topological polar surface area (TPSA) is 123 Å². The standard InChI is InChI=1S/C20H28N4O6S/c1-13(2)15-6-5-14(3)17(9-15)21-20-22-18(12-30-20)19(25)23-31(26,27)24-7-8-29-11-16(10-24)28-4/h5-6,9,12-13,16H,7-8,10-11H2,1-4H3,(H,21,22)(H,23,25). The molecule has 0 aliphatic carbocycles. The van der Waals surface area contributed by atoms with Gasteiger partial charge in [0.05, 0.1) is 19.3 Å². The Balaban J connectivity index is 1.69. The number of rotatable bonds is 7. The maximum atomic E-state index is 12.6. The fourth-order valence-electron chi connectivity index (χ4n) is 3.03. The molecule has 31 heavy (non-hydrogen) atoms. The third-order valence-electron chi connectivity index (χ3n) is 5.00. The van der Waals surface area contributed by atoms with Crippen molar-refractivity contribution in [2.75, 3.05) is 38.7 Å². The monoisotopic (exact) mass is 452 g/mol. The van der Waals surface area contributed by atoms with Crippen LogP contribution in [0.5, 0.6) is 0 Å². The number of nitrogens with one attached hydrogen (secondary N) is 2. The number of aryl methyl sites for hydroxylation is 1. The van der Waals surface area contributed by atoms with Crippen LogP contribution in [0.3, 0.4) is 0 Å². The molecule has 1 amide bonds. The first kappa shape index (κ1) is 23.2. The Morgan fingerprint density at radius 2 is 2.13 bits per heavy atom. The van der Waals surface area contributed by atoms with E-state index in [1.807, 2.05) is 29.8 Å². The van der Waals surface area contributed by atoms with Crippen molar-refractivity contribution in [1.82, 2.24) is 14.0 Å². The second-order valence-electron chi connectivity index (χ2n) is 7.62. The van der Waals surface area contributed by atoms with Crippen molar-refractivity contribution in [3.63, 3.8) is 0 Å². The molecule has 3 rings (SSSR count). The smallest absolute Gasteiger partial charge is 0.304 e. The molecule has 2 heterocycles. The predicted octanol–water partition coefficient (Wildman–Crippen LogP) is 2.17. The minimum absolute atomic E-state index is 0.0796. The number of methoxy groups -OCH3 is 1. The van der Waals surface area contributed by atoms with Crippen molar-refractivity contribution in [3.05, 3.63) is 41.3 Å². The molecule has 11 heteroatoms. The van der Waals surface area contributed by atoms with E-state index in [0.717, 1.165) is 27.4 Å². The Labute approximate surface area is 182 Å². The highest BCUT2D eigenvalue weighted by atomic mass is 32.2. The van der Waals surface area contributed by atoms with E-state index in [9.17, 15) is 13.2 Å². The van der Waals surface area contributed by atoms with Gasteiger partial charge in [-0.25, -0.2) is 4.72 Å². The van der Waals surface area contributed by atoms with E-state index in [2.05, 4.69) is 24.1 Å². The van der Waals surface area contributed by atoms with Gasteiger partial charge in [0.1, 0.15) is 6.26 Å². The predicted molar refractivity (Wildman–Crippen MR) is 115 cm³/mol. The Hall–Kier alpha value is -2.47. The summed E-state index contributed by atoms with van der Waals surface area (Å²) < 4.78 is 44.3. The molecule has 1 aromatic heterocycles. The summed E-state index contributed by atoms with van der Waals surface area (Å²) in [5.74, 6) is -0.539. The number of carbonyl (C=O) groups is 1. The highest BCUT2D eigenvalue weighted by Gasteiger charge is 2.30. The van der Waals surface area contributed by atoms with Crippen molar-refractivity contribution in [2.45, 2.75) is 32.8 Å². The number of benzene rings is 1. The summed E-state index contributed by atoms with van der Waals surface area (Å²) in [5.41, 5.74) is 2.76. The molecule has 1 aliphatic rings. The second kappa shape index (κ2) is 9.77. The van der Waals surface area contributed by atoms with Crippen molar-refractivity contribution < 1.29 is 27.1 Å². The zero-order chi connectivity index (χ0) is 22.6. The van der Waals surface area contributed by atoms with Gasteiger partial charge in [-0.3, -0.25) is 4.79 Å². The van der Waals surface area contributed by atoms with Crippen LogP contribution in [0.2, 0.25) is 0 Å². The average molecular weight is 453 g/mol. The van der Waals surface area contributed by atoms with Crippen LogP contribution in [-0.4, -0.2) is 63.1 Å². The summed E-state index contributed by atoms with van der Waals surface area (Å²) >= 11 is 0. The number of carbonyl (C=O) groups excluding carboxylic acids is 1. The molecule has 1 aliphatic heterocycles. The molecule has 1 saturated heterocycles. The van der Waals surface area contributed by atoms with Gasteiger partial charge in [0, 0.05) is 25.9 Å². The number of amides is 1. The molecular formula is C20H28N4O6S. The van der Waals surface area contributed by atoms with Crippen molar-refractivity contribution >= 4 is 27.8 Å². The summed E-state index contributed by atoms with van der Waals surface area (Å²) in [6.07, 6.45) is 0.695. The molecule has 10 nitrogen and oxygen atoms in total. The van der Waals surface area contributed by atoms with Gasteiger partial charge >= 0.3 is 10.2 Å². The van der Waals surface area contributed by atoms with Crippen LogP contribution in [0.4, 0.5) is 11.7 Å². The van der Waals surface area contributed by atoms with E-state index in [1.54, 1.807) is 0 Å². The van der Waals surface area contributed by atoms with Crippen LogP contribution in [0.25, 0.3) is 0 Å². The summed E-state index contributed by atoms with van der Waals surface area (Å²) in [6, 6.07) is 6.11. The molecule has 0 spiro atoms. The molecule has 1 atom stereocenters. The Bertz CT molecular complexity index is 1020. The van der Waals surface area contributed by atoms with Gasteiger partial charge in [0.15, 0.2) is 5.69 Å². The normalized spacial score (nSPS) is 18.0. The molecule has 0 saturated carbocycles. The largest absolute Gasteiger partial charge is 0.431 e. The zero-order valence-electron chi connectivity index (χ0n) is 18.0. The maximum absolute atomic E-state index is 12.6. The molecule has 1 aromatic carbocycles. The van der Waals surface area contributed by atoms with Crippen molar-refractivity contribution in [1.29, 1.82) is 0 Å². The number of ether oxygens (including phenoxy) is 2. The summed E-state index contributed by atoms with van der Waals surface area (Å²) in [6.45, 7) is 6.80. The summed E-state index contributed by atoms with van der Waals surface area (Å²) in [7, 11) is -2.62. The molecule has 0 radical (unpaired) electrons. The Kier molecular flexibility index (Phi) is 7.31. The van der Waals surface area contributed by atoms with Crippen LogP contribution in [0.15, 0.2) is 28.9 Å². The van der Waals surface area contributed by atoms with Crippen LogP contribution in [0.1, 0.15) is 41.4 Å². The van der Waals surface area contributed by atoms with E-state index >= 15 is 0 Å². The van der Waals surface area contributed by atoms with E-state index in [-0.39, 0.29) is 38.0 Å². The molecule has 2 N–H and O–H groups in total. The third kappa shape index (κ3) is 5.82. The van der Waals surface area contributed by atoms with Crippen LogP contribution in [-0.2, 0) is 19.7 Å². The van der Waals surface area contributed by atoms with E-state index < -0.39 is 22.2 Å². The van der Waals surface area contributed by atoms with Crippen molar-refractivity contribution in [2.24, 2.45) is 0 Å². The van der Waals surface area contributed by atoms with Gasteiger partial charge in [0.25, 0.3) is 11.9 Å². The number of hydrogen-bond donors (Lipinski definition) is 2. The molecule has 1 unspecified atom stereocenters. The first-order valence-corrected chi connectivity index (χ1v) is 11.4. The fraction of sp³-hybridized carbons (Fsp3) is 0.500. The second-order valence-corrected chi connectivity index (χ2v) is 9.29. The van der Waals surface area contributed by atoms with Crippen LogP contribution >= 0.6 is 0 Å². The van der Waals surface area contributed by atoms with Crippen LogP contribution < -0.4 is 10.0 Å². The van der Waals surface area contributed by atoms with Gasteiger partial charge in [0.2, 0.25) is 0 Å². The highest BCUT2D eigenvalue weighted by Crippen LogP contribution is 2.25. The summed E-state index contributed by atoms with van der Waals surface area (Å²) in [4.78, 5) is 16.6. The maximum Gasteiger partial charge on any atom is 0.304 e. The lowest BCUT2D eigenvalue weighted by Gasteiger charge is -2.22. The van der Waals surface area contributed by atoms with Crippen LogP contribution in [0, 0.1) is 6.92 Å². The molecular weight excluding hydrogens is 424 g/mol. The lowest BCUT2D eigenvalue weighted by Crippen LogP contribution is -2.47. The lowest BCUT2D eigenvalue weighted by atomic mass is 10.0. The number of aromatic nitrogens is 1. The van der Waals surface area contributed by atoms with Gasteiger partial charge in [-0.15, -0.1) is 0 Å². The minimum atomic E-state index is -4.10. The molecule has 170 valence electrons. The lowest BCUT2D eigenvalue weighted by molar-refractivity contribution is 0.0258. The SMILES string of the molecule is COC1COCCN(S(=O)(=O)NC(=O)c2coc(Nc3cc(C(C)C)ccc3C)n2)C1. The van der Waals surface area contributed by atoms with Gasteiger partial charge in [-0.05, 0) is 30.0 Å². The average Bonchev–Trinajstić information content (AvgIpc) is 3.04. The van der Waals surface area contributed by atoms with E-state index in [0.29, 0.717) is 5.92 Å². The van der Waals surface area contributed by atoms with Gasteiger partial charge in [-0.1, -0.05) is 26.0 Å². The molecule has 2 aromatic rings. The number of nitrogens with zero attached hydrogens (tertiary/aromatic N) is 2. The third-order valence-corrected chi connectivity index (χ3v) is 6.45. The Morgan fingerprint density at radius 1 is 1.35 bits per heavy atom. The van der Waals surface area contributed by atoms with Crippen molar-refractivity contribution in [3.8, 4) is 0 Å². The number of oxazole rings is 1. The minimum Gasteiger partial charge on any atom is -0.431 e. The first-order chi connectivity index (χ1) is 14.7. The Morgan fingerprint density at radius 3 is 2.84 bits per heavy atom. The molecule has 1 fully saturated rings. The van der Waals surface area contributed by atoms with E-state index in [4.69, 9.17) is 13.9 Å². The highest BCUT2D eigenvalue weighted by molar-refractivity contribution is 7.87. The number of hydrogen-bond acceptors (Lipinski definition) is 8. The zero-order valence-corrected chi connectivity index (χ0v) is 18.9. The molecule has 0 bridgehead atoms. The quantitative estimate of drug-likeness (QED) is 0.655. The fourth-order valence-corrected chi connectivity index (χ4v) is 4.18. The number of anilines is 2. The summed E-state index contributed by atoms with van der Waals surface area (Å²) in [5, 5.41) is 3.04. The first-order valence-electron chi connectivity index (χ1n) is 9.95. The van der Waals surface area contributed by atoms with Gasteiger partial charge in [-0.2, -0.15) is 17.7 Å².